The molecule has 0 radical (unpaired) electrons. The molecule has 2 rings (SSSR count). The van der Waals surface area contributed by atoms with Crippen LogP contribution in [0.5, 0.6) is 5.75 Å². The van der Waals surface area contributed by atoms with Crippen molar-refractivity contribution in [2.75, 3.05) is 0 Å². The van der Waals surface area contributed by atoms with Gasteiger partial charge in [0.15, 0.2) is 0 Å². The van der Waals surface area contributed by atoms with E-state index in [-0.39, 0.29) is 0 Å². The molecule has 0 bridgehead atoms. The molecule has 0 spiro atoms. The van der Waals surface area contributed by atoms with Crippen LogP contribution in [0.2, 0.25) is 0 Å². The van der Waals surface area contributed by atoms with Crippen molar-refractivity contribution in [1.82, 2.24) is 0 Å². The lowest BCUT2D eigenvalue weighted by Gasteiger charge is -2.07. The first-order valence-electron chi connectivity index (χ1n) is 5.12. The number of hydrogen-bond donors (Lipinski definition) is 0. The zero-order chi connectivity index (χ0) is 11.2. The van der Waals surface area contributed by atoms with Crippen molar-refractivity contribution in [2.45, 2.75) is 6.61 Å². The number of benzene rings is 2. The second-order valence-electron chi connectivity index (χ2n) is 3.41. The molecule has 0 unspecified atom stereocenters. The van der Waals surface area contributed by atoms with Crippen molar-refractivity contribution in [3.63, 3.8) is 0 Å². The van der Waals surface area contributed by atoms with Crippen LogP contribution in [0.4, 0.5) is 0 Å². The van der Waals surface area contributed by atoms with Gasteiger partial charge in [0, 0.05) is 0 Å². The lowest BCUT2D eigenvalue weighted by Crippen LogP contribution is -1.96. The van der Waals surface area contributed by atoms with E-state index < -0.39 is 0 Å². The highest BCUT2D eigenvalue weighted by Crippen LogP contribution is 2.17. The fourth-order valence-electron chi connectivity index (χ4n) is 1.45. The summed E-state index contributed by atoms with van der Waals surface area (Å²) in [6, 6.07) is 17.6. The fraction of sp³-hybridized carbons (Fsp3) is 0.0667. The Kier molecular flexibility index (Phi) is 3.25. The molecule has 1 heteroatoms. The van der Waals surface area contributed by atoms with Gasteiger partial charge in [0.05, 0.1) is 5.56 Å². The van der Waals surface area contributed by atoms with E-state index in [4.69, 9.17) is 11.2 Å². The van der Waals surface area contributed by atoms with Gasteiger partial charge >= 0.3 is 0 Å². The minimum Gasteiger partial charge on any atom is -0.488 e. The summed E-state index contributed by atoms with van der Waals surface area (Å²) in [6.45, 7) is 0.541. The van der Waals surface area contributed by atoms with Crippen LogP contribution in [0.15, 0.2) is 54.6 Å². The summed E-state index contributed by atoms with van der Waals surface area (Å²) < 4.78 is 5.67. The summed E-state index contributed by atoms with van der Waals surface area (Å²) in [5.41, 5.74) is 1.92. The molecule has 0 saturated carbocycles. The second kappa shape index (κ2) is 5.04. The monoisotopic (exact) mass is 208 g/mol. The zero-order valence-corrected chi connectivity index (χ0v) is 8.89. The van der Waals surface area contributed by atoms with Crippen molar-refractivity contribution in [2.24, 2.45) is 0 Å². The molecule has 0 N–H and O–H groups in total. The van der Waals surface area contributed by atoms with Crippen molar-refractivity contribution in [3.05, 3.63) is 65.7 Å². The van der Waals surface area contributed by atoms with Gasteiger partial charge in [-0.3, -0.25) is 0 Å². The van der Waals surface area contributed by atoms with E-state index in [0.29, 0.717) is 6.61 Å². The Hall–Kier alpha value is -2.20. The molecule has 1 nitrogen and oxygen atoms in total. The Morgan fingerprint density at radius 2 is 1.62 bits per heavy atom. The zero-order valence-electron chi connectivity index (χ0n) is 8.89. The highest BCUT2D eigenvalue weighted by atomic mass is 16.5. The van der Waals surface area contributed by atoms with E-state index in [9.17, 15) is 0 Å². The van der Waals surface area contributed by atoms with E-state index in [1.54, 1.807) is 0 Å². The molecule has 0 aliphatic heterocycles. The molecule has 16 heavy (non-hydrogen) atoms. The Labute approximate surface area is 95.7 Å². The van der Waals surface area contributed by atoms with E-state index in [2.05, 4.69) is 5.92 Å². The lowest BCUT2D eigenvalue weighted by molar-refractivity contribution is 0.305. The second-order valence-corrected chi connectivity index (χ2v) is 3.41. The van der Waals surface area contributed by atoms with E-state index in [1.165, 1.54) is 0 Å². The van der Waals surface area contributed by atoms with Crippen molar-refractivity contribution >= 4 is 0 Å². The molecule has 0 saturated heterocycles. The van der Waals surface area contributed by atoms with Gasteiger partial charge < -0.3 is 4.74 Å². The summed E-state index contributed by atoms with van der Waals surface area (Å²) in [5.74, 6) is 3.37. The lowest BCUT2D eigenvalue weighted by atomic mass is 10.2. The Morgan fingerprint density at radius 3 is 2.38 bits per heavy atom. The maximum Gasteiger partial charge on any atom is 0.135 e. The number of ether oxygens (including phenoxy) is 1. The van der Waals surface area contributed by atoms with Crippen molar-refractivity contribution in [1.29, 1.82) is 0 Å². The fourth-order valence-corrected chi connectivity index (χ4v) is 1.45. The molecule has 0 aliphatic carbocycles. The number of hydrogen-bond acceptors (Lipinski definition) is 1. The Bertz CT molecular complexity index is 494. The molecule has 0 atom stereocenters. The molecule has 0 amide bonds. The molecular formula is C15H12O. The van der Waals surface area contributed by atoms with Crippen LogP contribution in [0.3, 0.4) is 0 Å². The first-order valence-corrected chi connectivity index (χ1v) is 5.12. The molecule has 0 aliphatic rings. The van der Waals surface area contributed by atoms with Gasteiger partial charge in [-0.15, -0.1) is 6.42 Å². The summed E-state index contributed by atoms with van der Waals surface area (Å²) in [7, 11) is 0. The van der Waals surface area contributed by atoms with Gasteiger partial charge in [-0.25, -0.2) is 0 Å². The van der Waals surface area contributed by atoms with Crippen LogP contribution < -0.4 is 4.74 Å². The number of para-hydroxylation sites is 1. The highest BCUT2D eigenvalue weighted by Gasteiger charge is 1.99. The molecule has 78 valence electrons. The average Bonchev–Trinajstić information content (AvgIpc) is 2.38. The minimum atomic E-state index is 0.541. The van der Waals surface area contributed by atoms with Crippen LogP contribution in [0, 0.1) is 12.3 Å². The van der Waals surface area contributed by atoms with Crippen molar-refractivity contribution in [3.8, 4) is 18.1 Å². The standard InChI is InChI=1S/C15H12O/c1-2-14-10-6-7-11-15(14)16-12-13-8-4-3-5-9-13/h1,3-11H,12H2. The highest BCUT2D eigenvalue weighted by molar-refractivity contribution is 5.44. The van der Waals surface area contributed by atoms with Gasteiger partial charge in [-0.2, -0.15) is 0 Å². The summed E-state index contributed by atoms with van der Waals surface area (Å²) >= 11 is 0. The third kappa shape index (κ3) is 2.43. The van der Waals surface area contributed by atoms with Crippen LogP contribution >= 0.6 is 0 Å². The average molecular weight is 208 g/mol. The van der Waals surface area contributed by atoms with E-state index in [1.807, 2.05) is 54.6 Å². The molecule has 0 fully saturated rings. The Balaban J connectivity index is 2.09. The minimum absolute atomic E-state index is 0.541. The number of rotatable bonds is 3. The van der Waals surface area contributed by atoms with Gasteiger partial charge in [0.2, 0.25) is 0 Å². The first-order chi connectivity index (χ1) is 7.90. The van der Waals surface area contributed by atoms with Gasteiger partial charge in [-0.05, 0) is 17.7 Å². The van der Waals surface area contributed by atoms with E-state index in [0.717, 1.165) is 16.9 Å². The van der Waals surface area contributed by atoms with E-state index >= 15 is 0 Å². The predicted octanol–water partition coefficient (Wildman–Crippen LogP) is 3.25. The van der Waals surface area contributed by atoms with Crippen LogP contribution in [-0.2, 0) is 6.61 Å². The number of terminal acetylenes is 1. The van der Waals surface area contributed by atoms with Crippen LogP contribution in [-0.4, -0.2) is 0 Å². The molecule has 0 aromatic heterocycles. The molecule has 2 aromatic carbocycles. The third-order valence-corrected chi connectivity index (χ3v) is 2.28. The summed E-state index contributed by atoms with van der Waals surface area (Å²) in [4.78, 5) is 0. The molecular weight excluding hydrogens is 196 g/mol. The SMILES string of the molecule is C#Cc1ccccc1OCc1ccccc1. The van der Waals surface area contributed by atoms with Crippen molar-refractivity contribution < 1.29 is 4.74 Å². The topological polar surface area (TPSA) is 9.23 Å². The quantitative estimate of drug-likeness (QED) is 0.703. The van der Waals surface area contributed by atoms with Gasteiger partial charge in [0.25, 0.3) is 0 Å². The largest absolute Gasteiger partial charge is 0.488 e. The predicted molar refractivity (Wildman–Crippen MR) is 65.2 cm³/mol. The third-order valence-electron chi connectivity index (χ3n) is 2.28. The maximum atomic E-state index is 5.67. The van der Waals surface area contributed by atoms with Crippen LogP contribution in [0.1, 0.15) is 11.1 Å². The van der Waals surface area contributed by atoms with Gasteiger partial charge in [-0.1, -0.05) is 48.4 Å². The maximum absolute atomic E-state index is 5.67. The normalized spacial score (nSPS) is 9.44. The van der Waals surface area contributed by atoms with Gasteiger partial charge in [0.1, 0.15) is 12.4 Å². The smallest absolute Gasteiger partial charge is 0.135 e. The summed E-state index contributed by atoms with van der Waals surface area (Å²) in [5, 5.41) is 0. The van der Waals surface area contributed by atoms with Crippen LogP contribution in [0.25, 0.3) is 0 Å². The molecule has 0 heterocycles. The molecule has 2 aromatic rings. The Morgan fingerprint density at radius 1 is 0.938 bits per heavy atom. The first kappa shape index (κ1) is 10.3. The summed E-state index contributed by atoms with van der Waals surface area (Å²) in [6.07, 6.45) is 5.39.